The van der Waals surface area contributed by atoms with Crippen LogP contribution in [0.5, 0.6) is 0 Å². The van der Waals surface area contributed by atoms with Crippen molar-refractivity contribution < 1.29 is 4.74 Å². The monoisotopic (exact) mass is 281 g/mol. The van der Waals surface area contributed by atoms with Gasteiger partial charge in [0.05, 0.1) is 13.2 Å². The Labute approximate surface area is 116 Å². The second kappa shape index (κ2) is 6.34. The highest BCUT2D eigenvalue weighted by Crippen LogP contribution is 2.22. The van der Waals surface area contributed by atoms with Crippen LogP contribution in [0.4, 0.5) is 0 Å². The molecule has 0 unspecified atom stereocenters. The van der Waals surface area contributed by atoms with Crippen molar-refractivity contribution in [3.63, 3.8) is 0 Å². The molecule has 96 valence electrons. The average Bonchev–Trinajstić information content (AvgIpc) is 2.71. The Morgan fingerprint density at radius 3 is 2.78 bits per heavy atom. The molecule has 0 bridgehead atoms. The molecule has 0 aliphatic rings. The molecule has 0 radical (unpaired) electrons. The molecular formula is C14H16ClNOS. The topological polar surface area (TPSA) is 35.2 Å². The van der Waals surface area contributed by atoms with Crippen molar-refractivity contribution in [3.05, 3.63) is 56.2 Å². The van der Waals surface area contributed by atoms with Gasteiger partial charge in [-0.15, -0.1) is 11.3 Å². The fourth-order valence-corrected chi connectivity index (χ4v) is 2.88. The van der Waals surface area contributed by atoms with E-state index in [9.17, 15) is 0 Å². The second-order valence-electron chi connectivity index (χ2n) is 4.12. The van der Waals surface area contributed by atoms with Gasteiger partial charge in [-0.05, 0) is 36.2 Å². The number of rotatable bonds is 5. The lowest BCUT2D eigenvalue weighted by Gasteiger charge is -2.04. The van der Waals surface area contributed by atoms with Crippen LogP contribution in [0.2, 0.25) is 5.02 Å². The zero-order valence-corrected chi connectivity index (χ0v) is 11.9. The van der Waals surface area contributed by atoms with E-state index in [1.807, 2.05) is 24.3 Å². The number of thiophene rings is 1. The van der Waals surface area contributed by atoms with Gasteiger partial charge >= 0.3 is 0 Å². The van der Waals surface area contributed by atoms with Gasteiger partial charge in [-0.1, -0.05) is 23.7 Å². The molecule has 2 rings (SSSR count). The highest BCUT2D eigenvalue weighted by molar-refractivity contribution is 7.12. The Morgan fingerprint density at radius 2 is 2.11 bits per heavy atom. The standard InChI is InChI=1S/C14H16ClNOS/c1-10-12(6-14(7-16)18-10)9-17-8-11-3-2-4-13(15)5-11/h2-6H,7-9,16H2,1H3. The molecule has 1 aromatic heterocycles. The van der Waals surface area contributed by atoms with Gasteiger partial charge in [-0.25, -0.2) is 0 Å². The van der Waals surface area contributed by atoms with Crippen molar-refractivity contribution in [2.75, 3.05) is 0 Å². The van der Waals surface area contributed by atoms with E-state index < -0.39 is 0 Å². The molecule has 0 atom stereocenters. The largest absolute Gasteiger partial charge is 0.372 e. The third-order valence-corrected chi connectivity index (χ3v) is 4.04. The lowest BCUT2D eigenvalue weighted by atomic mass is 10.2. The summed E-state index contributed by atoms with van der Waals surface area (Å²) in [5, 5.41) is 0.744. The molecule has 1 aromatic carbocycles. The summed E-state index contributed by atoms with van der Waals surface area (Å²) in [6.45, 7) is 3.89. The molecule has 2 nitrogen and oxygen atoms in total. The Bertz CT molecular complexity index is 524. The summed E-state index contributed by atoms with van der Waals surface area (Å²) in [7, 11) is 0. The molecule has 0 fully saturated rings. The van der Waals surface area contributed by atoms with Crippen LogP contribution < -0.4 is 5.73 Å². The summed E-state index contributed by atoms with van der Waals surface area (Å²) in [6, 6.07) is 9.86. The molecule has 0 saturated heterocycles. The van der Waals surface area contributed by atoms with E-state index in [1.54, 1.807) is 11.3 Å². The van der Waals surface area contributed by atoms with Crippen molar-refractivity contribution in [2.24, 2.45) is 5.73 Å². The molecule has 2 N–H and O–H groups in total. The highest BCUT2D eigenvalue weighted by atomic mass is 35.5. The molecule has 18 heavy (non-hydrogen) atoms. The molecule has 0 spiro atoms. The summed E-state index contributed by atoms with van der Waals surface area (Å²) in [5.74, 6) is 0. The maximum atomic E-state index is 5.92. The highest BCUT2D eigenvalue weighted by Gasteiger charge is 2.04. The third-order valence-electron chi connectivity index (χ3n) is 2.69. The average molecular weight is 282 g/mol. The van der Waals surface area contributed by atoms with E-state index in [-0.39, 0.29) is 0 Å². The zero-order valence-electron chi connectivity index (χ0n) is 10.3. The van der Waals surface area contributed by atoms with Crippen LogP contribution in [0, 0.1) is 6.92 Å². The number of hydrogen-bond donors (Lipinski definition) is 1. The Balaban J connectivity index is 1.90. The molecule has 1 heterocycles. The van der Waals surface area contributed by atoms with Gasteiger partial charge in [0.1, 0.15) is 0 Å². The lowest BCUT2D eigenvalue weighted by Crippen LogP contribution is -1.95. The number of ether oxygens (including phenoxy) is 1. The summed E-state index contributed by atoms with van der Waals surface area (Å²) in [4.78, 5) is 2.48. The molecule has 0 saturated carbocycles. The van der Waals surface area contributed by atoms with Gasteiger partial charge in [0.2, 0.25) is 0 Å². The summed E-state index contributed by atoms with van der Waals surface area (Å²) in [6.07, 6.45) is 0. The van der Waals surface area contributed by atoms with Crippen LogP contribution in [0.25, 0.3) is 0 Å². The number of nitrogens with two attached hydrogens (primary N) is 1. The van der Waals surface area contributed by atoms with Crippen LogP contribution in [0.1, 0.15) is 20.9 Å². The van der Waals surface area contributed by atoms with Crippen molar-refractivity contribution in [3.8, 4) is 0 Å². The van der Waals surface area contributed by atoms with E-state index in [1.165, 1.54) is 15.3 Å². The fraction of sp³-hybridized carbons (Fsp3) is 0.286. The quantitative estimate of drug-likeness (QED) is 0.902. The minimum atomic E-state index is 0.577. The minimum absolute atomic E-state index is 0.577. The van der Waals surface area contributed by atoms with E-state index in [0.29, 0.717) is 19.8 Å². The second-order valence-corrected chi connectivity index (χ2v) is 5.90. The number of hydrogen-bond acceptors (Lipinski definition) is 3. The molecule has 4 heteroatoms. The Kier molecular flexibility index (Phi) is 4.78. The van der Waals surface area contributed by atoms with Crippen LogP contribution in [-0.4, -0.2) is 0 Å². The molecule has 2 aromatic rings. The normalized spacial score (nSPS) is 10.8. The van der Waals surface area contributed by atoms with Crippen molar-refractivity contribution in [1.29, 1.82) is 0 Å². The smallest absolute Gasteiger partial charge is 0.0732 e. The first-order chi connectivity index (χ1) is 8.69. The SMILES string of the molecule is Cc1sc(CN)cc1COCc1cccc(Cl)c1. The first-order valence-electron chi connectivity index (χ1n) is 5.79. The molecule has 0 aliphatic heterocycles. The Hall–Kier alpha value is -0.870. The van der Waals surface area contributed by atoms with Crippen LogP contribution in [-0.2, 0) is 24.5 Å². The van der Waals surface area contributed by atoms with Crippen LogP contribution in [0.3, 0.4) is 0 Å². The van der Waals surface area contributed by atoms with Crippen LogP contribution in [0.15, 0.2) is 30.3 Å². The van der Waals surface area contributed by atoms with Gasteiger partial charge in [0.25, 0.3) is 0 Å². The van der Waals surface area contributed by atoms with Gasteiger partial charge < -0.3 is 10.5 Å². The van der Waals surface area contributed by atoms with Gasteiger partial charge in [0, 0.05) is 21.3 Å². The van der Waals surface area contributed by atoms with Crippen molar-refractivity contribution in [2.45, 2.75) is 26.7 Å². The predicted molar refractivity (Wildman–Crippen MR) is 76.9 cm³/mol. The van der Waals surface area contributed by atoms with E-state index in [0.717, 1.165) is 10.6 Å². The van der Waals surface area contributed by atoms with Crippen LogP contribution >= 0.6 is 22.9 Å². The van der Waals surface area contributed by atoms with Gasteiger partial charge in [-0.2, -0.15) is 0 Å². The first-order valence-corrected chi connectivity index (χ1v) is 6.99. The first kappa shape index (κ1) is 13.6. The van der Waals surface area contributed by atoms with Gasteiger partial charge in [-0.3, -0.25) is 0 Å². The summed E-state index contributed by atoms with van der Waals surface area (Å²) >= 11 is 7.66. The van der Waals surface area contributed by atoms with Crippen molar-refractivity contribution in [1.82, 2.24) is 0 Å². The van der Waals surface area contributed by atoms with E-state index >= 15 is 0 Å². The fourth-order valence-electron chi connectivity index (χ4n) is 1.74. The number of aryl methyl sites for hydroxylation is 1. The van der Waals surface area contributed by atoms with E-state index in [2.05, 4.69) is 13.0 Å². The maximum Gasteiger partial charge on any atom is 0.0732 e. The molecular weight excluding hydrogens is 266 g/mol. The summed E-state index contributed by atoms with van der Waals surface area (Å²) in [5.41, 5.74) is 7.94. The zero-order chi connectivity index (χ0) is 13.0. The number of halogens is 1. The van der Waals surface area contributed by atoms with E-state index in [4.69, 9.17) is 22.1 Å². The number of benzene rings is 1. The summed E-state index contributed by atoms with van der Waals surface area (Å²) < 4.78 is 5.71. The predicted octanol–water partition coefficient (Wildman–Crippen LogP) is 3.89. The minimum Gasteiger partial charge on any atom is -0.372 e. The Morgan fingerprint density at radius 1 is 1.28 bits per heavy atom. The lowest BCUT2D eigenvalue weighted by molar-refractivity contribution is 0.107. The van der Waals surface area contributed by atoms with Gasteiger partial charge in [0.15, 0.2) is 0 Å². The van der Waals surface area contributed by atoms with Crippen molar-refractivity contribution >= 4 is 22.9 Å². The molecule has 0 amide bonds. The third kappa shape index (κ3) is 3.56. The molecule has 0 aliphatic carbocycles. The maximum absolute atomic E-state index is 5.92.